The number of nitrogens with zero attached hydrogens (tertiary/aromatic N) is 1. The first-order valence-corrected chi connectivity index (χ1v) is 5.90. The fourth-order valence-electron chi connectivity index (χ4n) is 1.87. The summed E-state index contributed by atoms with van der Waals surface area (Å²) in [5.41, 5.74) is 0. The van der Waals surface area contributed by atoms with E-state index in [9.17, 15) is 0 Å². The standard InChI is InChI=1S/C11H24N2O/c1-3-7-13(4-2)8-6-12-11-5-9-14-10-11/h11-12H,3-10H2,1-2H3. The summed E-state index contributed by atoms with van der Waals surface area (Å²) < 4.78 is 5.31. The second kappa shape index (κ2) is 7.21. The van der Waals surface area contributed by atoms with Gasteiger partial charge in [0.05, 0.1) is 6.61 Å². The van der Waals surface area contributed by atoms with E-state index in [0.29, 0.717) is 6.04 Å². The van der Waals surface area contributed by atoms with Crippen LogP contribution in [0.2, 0.25) is 0 Å². The molecule has 1 aliphatic heterocycles. The van der Waals surface area contributed by atoms with Crippen LogP contribution in [0, 0.1) is 0 Å². The second-order valence-corrected chi connectivity index (χ2v) is 3.95. The van der Waals surface area contributed by atoms with E-state index in [2.05, 4.69) is 24.1 Å². The van der Waals surface area contributed by atoms with Gasteiger partial charge < -0.3 is 15.0 Å². The highest BCUT2D eigenvalue weighted by molar-refractivity contribution is 4.71. The largest absolute Gasteiger partial charge is 0.380 e. The lowest BCUT2D eigenvalue weighted by atomic mass is 10.2. The van der Waals surface area contributed by atoms with Crippen molar-refractivity contribution >= 4 is 0 Å². The molecule has 14 heavy (non-hydrogen) atoms. The molecule has 3 heteroatoms. The van der Waals surface area contributed by atoms with Gasteiger partial charge in [0, 0.05) is 25.7 Å². The second-order valence-electron chi connectivity index (χ2n) is 3.95. The topological polar surface area (TPSA) is 24.5 Å². The van der Waals surface area contributed by atoms with Crippen LogP contribution in [-0.2, 0) is 4.74 Å². The normalized spacial score (nSPS) is 22.1. The van der Waals surface area contributed by atoms with E-state index in [1.807, 2.05) is 0 Å². The maximum absolute atomic E-state index is 5.31. The minimum Gasteiger partial charge on any atom is -0.380 e. The Bertz CT molecular complexity index is 135. The molecular formula is C11H24N2O. The highest BCUT2D eigenvalue weighted by Gasteiger charge is 2.14. The molecule has 0 radical (unpaired) electrons. The van der Waals surface area contributed by atoms with Gasteiger partial charge in [-0.05, 0) is 25.9 Å². The first kappa shape index (κ1) is 12.0. The number of nitrogens with one attached hydrogen (secondary N) is 1. The van der Waals surface area contributed by atoms with Crippen molar-refractivity contribution in [2.75, 3.05) is 39.4 Å². The maximum atomic E-state index is 5.31. The first-order valence-electron chi connectivity index (χ1n) is 5.90. The average molecular weight is 200 g/mol. The Morgan fingerprint density at radius 1 is 1.36 bits per heavy atom. The molecule has 1 heterocycles. The fourth-order valence-corrected chi connectivity index (χ4v) is 1.87. The van der Waals surface area contributed by atoms with Crippen molar-refractivity contribution in [2.45, 2.75) is 32.7 Å². The Balaban J connectivity index is 2.00. The lowest BCUT2D eigenvalue weighted by Gasteiger charge is -2.20. The minimum atomic E-state index is 0.607. The average Bonchev–Trinajstić information content (AvgIpc) is 2.69. The van der Waals surface area contributed by atoms with Crippen molar-refractivity contribution in [1.29, 1.82) is 0 Å². The third-order valence-corrected chi connectivity index (χ3v) is 2.78. The molecule has 0 aromatic heterocycles. The van der Waals surface area contributed by atoms with Crippen LogP contribution in [0.15, 0.2) is 0 Å². The van der Waals surface area contributed by atoms with Gasteiger partial charge in [-0.2, -0.15) is 0 Å². The number of ether oxygens (including phenoxy) is 1. The zero-order valence-corrected chi connectivity index (χ0v) is 9.59. The summed E-state index contributed by atoms with van der Waals surface area (Å²) in [5.74, 6) is 0. The van der Waals surface area contributed by atoms with E-state index in [4.69, 9.17) is 4.74 Å². The van der Waals surface area contributed by atoms with Gasteiger partial charge in [-0.3, -0.25) is 0 Å². The van der Waals surface area contributed by atoms with Gasteiger partial charge >= 0.3 is 0 Å². The summed E-state index contributed by atoms with van der Waals surface area (Å²) >= 11 is 0. The van der Waals surface area contributed by atoms with E-state index in [0.717, 1.165) is 26.3 Å². The Hall–Kier alpha value is -0.120. The van der Waals surface area contributed by atoms with Crippen LogP contribution in [0.5, 0.6) is 0 Å². The predicted molar refractivity (Wildman–Crippen MR) is 59.6 cm³/mol. The summed E-state index contributed by atoms with van der Waals surface area (Å²) in [4.78, 5) is 2.49. The zero-order chi connectivity index (χ0) is 10.2. The van der Waals surface area contributed by atoms with Gasteiger partial charge in [-0.15, -0.1) is 0 Å². The zero-order valence-electron chi connectivity index (χ0n) is 9.59. The van der Waals surface area contributed by atoms with Crippen LogP contribution >= 0.6 is 0 Å². The molecule has 1 unspecified atom stereocenters. The quantitative estimate of drug-likeness (QED) is 0.666. The van der Waals surface area contributed by atoms with E-state index >= 15 is 0 Å². The van der Waals surface area contributed by atoms with Crippen LogP contribution in [0.1, 0.15) is 26.7 Å². The van der Waals surface area contributed by atoms with Crippen molar-refractivity contribution in [3.63, 3.8) is 0 Å². The highest BCUT2D eigenvalue weighted by Crippen LogP contribution is 2.02. The van der Waals surface area contributed by atoms with Crippen LogP contribution in [-0.4, -0.2) is 50.3 Å². The van der Waals surface area contributed by atoms with E-state index in [1.54, 1.807) is 0 Å². The van der Waals surface area contributed by atoms with E-state index < -0.39 is 0 Å². The molecule has 0 amide bonds. The number of likely N-dealkylation sites (N-methyl/N-ethyl adjacent to an activating group) is 1. The first-order chi connectivity index (χ1) is 6.86. The molecule has 1 rings (SSSR count). The Morgan fingerprint density at radius 3 is 2.79 bits per heavy atom. The van der Waals surface area contributed by atoms with Gasteiger partial charge in [0.15, 0.2) is 0 Å². The van der Waals surface area contributed by atoms with Crippen molar-refractivity contribution in [1.82, 2.24) is 10.2 Å². The van der Waals surface area contributed by atoms with E-state index in [-0.39, 0.29) is 0 Å². The summed E-state index contributed by atoms with van der Waals surface area (Å²) in [6.07, 6.45) is 2.43. The van der Waals surface area contributed by atoms with Gasteiger partial charge in [0.1, 0.15) is 0 Å². The van der Waals surface area contributed by atoms with Crippen molar-refractivity contribution in [3.8, 4) is 0 Å². The summed E-state index contributed by atoms with van der Waals surface area (Å²) in [6.45, 7) is 11.0. The highest BCUT2D eigenvalue weighted by atomic mass is 16.5. The molecule has 0 aromatic carbocycles. The number of hydrogen-bond acceptors (Lipinski definition) is 3. The lowest BCUT2D eigenvalue weighted by molar-refractivity contribution is 0.188. The molecule has 1 N–H and O–H groups in total. The van der Waals surface area contributed by atoms with Crippen LogP contribution in [0.3, 0.4) is 0 Å². The molecule has 0 aromatic rings. The Morgan fingerprint density at radius 2 is 2.21 bits per heavy atom. The molecule has 0 aliphatic carbocycles. The van der Waals surface area contributed by atoms with Gasteiger partial charge in [0.25, 0.3) is 0 Å². The number of hydrogen-bond donors (Lipinski definition) is 1. The summed E-state index contributed by atoms with van der Waals surface area (Å²) in [5, 5.41) is 3.54. The summed E-state index contributed by atoms with van der Waals surface area (Å²) in [6, 6.07) is 0.607. The maximum Gasteiger partial charge on any atom is 0.0620 e. The third kappa shape index (κ3) is 4.40. The SMILES string of the molecule is CCCN(CC)CCNC1CCOC1. The van der Waals surface area contributed by atoms with Crippen LogP contribution in [0.25, 0.3) is 0 Å². The molecule has 84 valence electrons. The molecular weight excluding hydrogens is 176 g/mol. The Labute approximate surface area is 87.8 Å². The van der Waals surface area contributed by atoms with Crippen molar-refractivity contribution in [3.05, 3.63) is 0 Å². The molecule has 0 bridgehead atoms. The molecule has 0 saturated carbocycles. The minimum absolute atomic E-state index is 0.607. The molecule has 1 fully saturated rings. The van der Waals surface area contributed by atoms with Crippen LogP contribution < -0.4 is 5.32 Å². The molecule has 1 saturated heterocycles. The molecule has 1 atom stereocenters. The van der Waals surface area contributed by atoms with Gasteiger partial charge in [0.2, 0.25) is 0 Å². The number of rotatable bonds is 7. The smallest absolute Gasteiger partial charge is 0.0620 e. The molecule has 0 spiro atoms. The van der Waals surface area contributed by atoms with E-state index in [1.165, 1.54) is 25.9 Å². The predicted octanol–water partition coefficient (Wildman–Crippen LogP) is 1.10. The third-order valence-electron chi connectivity index (χ3n) is 2.78. The van der Waals surface area contributed by atoms with Crippen molar-refractivity contribution < 1.29 is 4.74 Å². The lowest BCUT2D eigenvalue weighted by Crippen LogP contribution is -2.37. The Kier molecular flexibility index (Phi) is 6.15. The molecule has 3 nitrogen and oxygen atoms in total. The van der Waals surface area contributed by atoms with Crippen LogP contribution in [0.4, 0.5) is 0 Å². The molecule has 1 aliphatic rings. The van der Waals surface area contributed by atoms with Gasteiger partial charge in [-0.25, -0.2) is 0 Å². The summed E-state index contributed by atoms with van der Waals surface area (Å²) in [7, 11) is 0. The monoisotopic (exact) mass is 200 g/mol. The fraction of sp³-hybridized carbons (Fsp3) is 1.00. The van der Waals surface area contributed by atoms with Crippen molar-refractivity contribution in [2.24, 2.45) is 0 Å². The van der Waals surface area contributed by atoms with Gasteiger partial charge in [-0.1, -0.05) is 13.8 Å².